The number of benzene rings is 1. The number of hydrogen-bond acceptors (Lipinski definition) is 5. The molecule has 1 rings (SSSR count). The first kappa shape index (κ1) is 16.2. The second-order valence-corrected chi connectivity index (χ2v) is 5.48. The molecule has 0 radical (unpaired) electrons. The van der Waals surface area contributed by atoms with Crippen molar-refractivity contribution in [3.05, 3.63) is 29.3 Å². The normalized spacial score (nSPS) is 10.0. The van der Waals surface area contributed by atoms with Crippen molar-refractivity contribution in [2.45, 2.75) is 33.2 Å². The Morgan fingerprint density at radius 2 is 1.86 bits per heavy atom. The van der Waals surface area contributed by atoms with Crippen LogP contribution in [0.25, 0.3) is 0 Å². The molecule has 0 fully saturated rings. The summed E-state index contributed by atoms with van der Waals surface area (Å²) in [6.45, 7) is 7.48. The number of hydrazone groups is 1. The lowest BCUT2D eigenvalue weighted by molar-refractivity contribution is 0.0919. The molecule has 0 heterocycles. The second-order valence-electron chi connectivity index (χ2n) is 5.48. The molecule has 0 unspecified atom stereocenters. The van der Waals surface area contributed by atoms with Crippen LogP contribution in [0.2, 0.25) is 0 Å². The molecule has 0 aliphatic rings. The molecule has 0 aromatic heterocycles. The molecule has 21 heavy (non-hydrogen) atoms. The molecule has 0 aliphatic carbocycles. The summed E-state index contributed by atoms with van der Waals surface area (Å²) in [5.41, 5.74) is 3.80. The van der Waals surface area contributed by atoms with Crippen LogP contribution in [0.15, 0.2) is 23.3 Å². The van der Waals surface area contributed by atoms with Gasteiger partial charge in [-0.05, 0) is 45.4 Å². The molecule has 1 aromatic rings. The second kappa shape index (κ2) is 6.53. The summed E-state index contributed by atoms with van der Waals surface area (Å²) in [5.74, 6) is -0.187. The molecule has 0 bridgehead atoms. The Bertz CT molecular complexity index is 640. The Hall–Kier alpha value is -2.86. The number of nitrogens with zero attached hydrogens (tertiary/aromatic N) is 3. The zero-order valence-corrected chi connectivity index (χ0v) is 12.5. The Morgan fingerprint density at radius 1 is 1.24 bits per heavy atom. The highest BCUT2D eigenvalue weighted by Crippen LogP contribution is 2.19. The summed E-state index contributed by atoms with van der Waals surface area (Å²) in [6.07, 6.45) is 0. The number of hydrogen-bond donors (Lipinski definition) is 2. The number of carbonyl (C=O) groups excluding carboxylic acids is 1. The van der Waals surface area contributed by atoms with Crippen LogP contribution in [0.1, 0.15) is 36.7 Å². The summed E-state index contributed by atoms with van der Waals surface area (Å²) in [7, 11) is 0. The van der Waals surface area contributed by atoms with Gasteiger partial charge in [-0.15, -0.1) is 0 Å². The van der Waals surface area contributed by atoms with E-state index in [1.165, 1.54) is 0 Å². The minimum atomic E-state index is -0.333. The topological polar surface area (TPSA) is 101 Å². The van der Waals surface area contributed by atoms with E-state index in [9.17, 15) is 4.79 Å². The zero-order chi connectivity index (χ0) is 16.0. The number of nitrogens with one attached hydrogen (secondary N) is 2. The van der Waals surface area contributed by atoms with Crippen LogP contribution < -0.4 is 10.7 Å². The summed E-state index contributed by atoms with van der Waals surface area (Å²) < 4.78 is 0. The maximum absolute atomic E-state index is 12.2. The maximum atomic E-state index is 12.2. The van der Waals surface area contributed by atoms with Gasteiger partial charge >= 0.3 is 0 Å². The van der Waals surface area contributed by atoms with E-state index < -0.39 is 0 Å². The predicted molar refractivity (Wildman–Crippen MR) is 80.7 cm³/mol. The molecule has 108 valence electrons. The highest BCUT2D eigenvalue weighted by atomic mass is 16.1. The van der Waals surface area contributed by atoms with Crippen molar-refractivity contribution in [2.24, 2.45) is 5.10 Å². The molecule has 0 saturated carbocycles. The molecular formula is C15H17N5O. The van der Waals surface area contributed by atoms with Crippen molar-refractivity contribution in [1.82, 2.24) is 5.32 Å². The van der Waals surface area contributed by atoms with Crippen molar-refractivity contribution < 1.29 is 4.79 Å². The van der Waals surface area contributed by atoms with Gasteiger partial charge in [-0.25, -0.2) is 0 Å². The third-order valence-corrected chi connectivity index (χ3v) is 2.57. The van der Waals surface area contributed by atoms with Crippen molar-refractivity contribution in [3.63, 3.8) is 0 Å². The van der Waals surface area contributed by atoms with Crippen LogP contribution in [0.5, 0.6) is 0 Å². The van der Waals surface area contributed by atoms with E-state index in [4.69, 9.17) is 10.5 Å². The van der Waals surface area contributed by atoms with E-state index in [0.29, 0.717) is 16.8 Å². The van der Waals surface area contributed by atoms with Crippen molar-refractivity contribution >= 4 is 17.3 Å². The van der Waals surface area contributed by atoms with Crippen molar-refractivity contribution in [1.29, 1.82) is 10.5 Å². The predicted octanol–water partition coefficient (Wildman–Crippen LogP) is 2.34. The van der Waals surface area contributed by atoms with E-state index in [-0.39, 0.29) is 17.2 Å². The van der Waals surface area contributed by atoms with Crippen LogP contribution in [0.3, 0.4) is 0 Å². The van der Waals surface area contributed by atoms with E-state index in [1.807, 2.05) is 20.8 Å². The Kier molecular flexibility index (Phi) is 5.04. The van der Waals surface area contributed by atoms with E-state index in [0.717, 1.165) is 0 Å². The average Bonchev–Trinajstić information content (AvgIpc) is 2.39. The maximum Gasteiger partial charge on any atom is 0.252 e. The van der Waals surface area contributed by atoms with Crippen LogP contribution in [0, 0.1) is 29.6 Å². The van der Waals surface area contributed by atoms with Gasteiger partial charge in [0, 0.05) is 11.1 Å². The molecule has 0 atom stereocenters. The molecule has 2 N–H and O–H groups in total. The van der Waals surface area contributed by atoms with Gasteiger partial charge in [0.25, 0.3) is 5.91 Å². The highest BCUT2D eigenvalue weighted by Gasteiger charge is 2.17. The van der Waals surface area contributed by atoms with Gasteiger partial charge in [0.15, 0.2) is 0 Å². The fourth-order valence-corrected chi connectivity index (χ4v) is 1.60. The molecule has 0 saturated heterocycles. The fraction of sp³-hybridized carbons (Fsp3) is 0.333. The summed E-state index contributed by atoms with van der Waals surface area (Å²) in [4.78, 5) is 12.2. The number of nitriles is 2. The summed E-state index contributed by atoms with van der Waals surface area (Å²) >= 11 is 0. The van der Waals surface area contributed by atoms with Crippen LogP contribution >= 0.6 is 0 Å². The Balaban J connectivity index is 3.05. The zero-order valence-electron chi connectivity index (χ0n) is 12.5. The summed E-state index contributed by atoms with van der Waals surface area (Å²) in [6, 6.07) is 8.45. The van der Waals surface area contributed by atoms with Gasteiger partial charge in [0.2, 0.25) is 5.71 Å². The minimum Gasteiger partial charge on any atom is -0.347 e. The lowest BCUT2D eigenvalue weighted by atomic mass is 10.0. The SMILES string of the molecule is Cc1c(NN=C(C#N)C#N)cccc1C(=O)NC(C)(C)C. The van der Waals surface area contributed by atoms with Gasteiger partial charge in [0.05, 0.1) is 5.69 Å². The third kappa shape index (κ3) is 4.63. The smallest absolute Gasteiger partial charge is 0.252 e. The number of amides is 1. The lowest BCUT2D eigenvalue weighted by Gasteiger charge is -2.21. The van der Waals surface area contributed by atoms with Crippen molar-refractivity contribution in [2.75, 3.05) is 5.43 Å². The highest BCUT2D eigenvalue weighted by molar-refractivity contribution is 6.10. The number of rotatable bonds is 3. The molecule has 1 amide bonds. The Labute approximate surface area is 124 Å². The fourth-order valence-electron chi connectivity index (χ4n) is 1.60. The minimum absolute atomic E-state index is 0.187. The largest absolute Gasteiger partial charge is 0.347 e. The van der Waals surface area contributed by atoms with E-state index in [2.05, 4.69) is 15.8 Å². The average molecular weight is 283 g/mol. The van der Waals surface area contributed by atoms with Gasteiger partial charge < -0.3 is 5.32 Å². The standard InChI is InChI=1S/C15H17N5O/c1-10-12(14(21)18-15(2,3)4)6-5-7-13(10)20-19-11(8-16)9-17/h5-7,20H,1-4H3,(H,18,21). The first-order valence-corrected chi connectivity index (χ1v) is 6.34. The molecule has 1 aromatic carbocycles. The van der Waals surface area contributed by atoms with Gasteiger partial charge in [-0.1, -0.05) is 6.07 Å². The van der Waals surface area contributed by atoms with Crippen molar-refractivity contribution in [3.8, 4) is 12.1 Å². The molecule has 6 nitrogen and oxygen atoms in total. The third-order valence-electron chi connectivity index (χ3n) is 2.57. The van der Waals surface area contributed by atoms with E-state index >= 15 is 0 Å². The first-order chi connectivity index (χ1) is 9.78. The number of anilines is 1. The lowest BCUT2D eigenvalue weighted by Crippen LogP contribution is -2.40. The summed E-state index contributed by atoms with van der Waals surface area (Å²) in [5, 5.41) is 23.8. The first-order valence-electron chi connectivity index (χ1n) is 6.34. The van der Waals surface area contributed by atoms with E-state index in [1.54, 1.807) is 37.3 Å². The monoisotopic (exact) mass is 283 g/mol. The van der Waals surface area contributed by atoms with Gasteiger partial charge in [-0.2, -0.15) is 15.6 Å². The van der Waals surface area contributed by atoms with Gasteiger partial charge in [-0.3, -0.25) is 10.2 Å². The van der Waals surface area contributed by atoms with Crippen LogP contribution in [-0.2, 0) is 0 Å². The number of carbonyl (C=O) groups is 1. The Morgan fingerprint density at radius 3 is 2.38 bits per heavy atom. The molecular weight excluding hydrogens is 266 g/mol. The van der Waals surface area contributed by atoms with Crippen LogP contribution in [-0.4, -0.2) is 17.2 Å². The molecule has 0 spiro atoms. The van der Waals surface area contributed by atoms with Crippen LogP contribution in [0.4, 0.5) is 5.69 Å². The molecule has 0 aliphatic heterocycles. The molecule has 6 heteroatoms. The quantitative estimate of drug-likeness (QED) is 0.656. The van der Waals surface area contributed by atoms with Gasteiger partial charge in [0.1, 0.15) is 12.1 Å².